The third-order valence-corrected chi connectivity index (χ3v) is 3.32. The van der Waals surface area contributed by atoms with Gasteiger partial charge in [-0.3, -0.25) is 0 Å². The minimum absolute atomic E-state index is 0.998. The zero-order valence-corrected chi connectivity index (χ0v) is 10.2. The van der Waals surface area contributed by atoms with Crippen LogP contribution in [0.15, 0.2) is 60.7 Å². The minimum Gasteiger partial charge on any atom is -0.378 e. The van der Waals surface area contributed by atoms with Crippen LogP contribution in [0.4, 0.5) is 11.4 Å². The van der Waals surface area contributed by atoms with Crippen molar-refractivity contribution in [3.8, 4) is 0 Å². The zero-order valence-electron chi connectivity index (χ0n) is 8.22. The van der Waals surface area contributed by atoms with E-state index in [2.05, 4.69) is 53.1 Å². The topological polar surface area (TPSA) is 3.24 Å². The number of para-hydroxylation sites is 2. The van der Waals surface area contributed by atoms with E-state index >= 15 is 0 Å². The summed E-state index contributed by atoms with van der Waals surface area (Å²) in [4.78, 5) is 0. The first-order chi connectivity index (χ1) is 6.88. The second kappa shape index (κ2) is 4.11. The lowest BCUT2D eigenvalue weighted by Gasteiger charge is -2.19. The summed E-state index contributed by atoms with van der Waals surface area (Å²) in [6.45, 7) is 0. The van der Waals surface area contributed by atoms with Crippen LogP contribution in [0, 0.1) is 0 Å². The number of anilines is 2. The molecule has 1 nitrogen and oxygen atoms in total. The number of nitrogens with zero attached hydrogens (tertiary/aromatic N) is 1. The molecule has 0 aliphatic heterocycles. The molecule has 2 rings (SSSR count). The lowest BCUT2D eigenvalue weighted by Crippen LogP contribution is -2.10. The molecule has 0 spiro atoms. The Hall–Kier alpha value is -1.54. The molecule has 0 saturated heterocycles. The number of benzene rings is 2. The molecule has 0 bridgehead atoms. The average Bonchev–Trinajstić information content (AvgIpc) is 2.30. The molecule has 0 unspecified atom stereocenters. The summed E-state index contributed by atoms with van der Waals surface area (Å²) in [7, 11) is 0.998. The summed E-state index contributed by atoms with van der Waals surface area (Å²) >= 11 is 0. The van der Waals surface area contributed by atoms with Crippen molar-refractivity contribution in [3.05, 3.63) is 60.7 Å². The first-order valence-corrected chi connectivity index (χ1v) is 5.61. The lowest BCUT2D eigenvalue weighted by molar-refractivity contribution is 1.41. The van der Waals surface area contributed by atoms with Crippen LogP contribution in [0.1, 0.15) is 0 Å². The maximum absolute atomic E-state index is 2.31. The molecule has 2 aromatic carbocycles. The maximum Gasteiger partial charge on any atom is 0.114 e. The van der Waals surface area contributed by atoms with Gasteiger partial charge in [0.25, 0.3) is 0 Å². The Balaban J connectivity index is 2.30. The van der Waals surface area contributed by atoms with Crippen molar-refractivity contribution in [1.82, 2.24) is 0 Å². The van der Waals surface area contributed by atoms with Gasteiger partial charge in [-0.1, -0.05) is 36.4 Å². The number of hydrogen-bond donors (Lipinski definition) is 0. The molecule has 0 aliphatic carbocycles. The van der Waals surface area contributed by atoms with Crippen molar-refractivity contribution in [2.24, 2.45) is 0 Å². The number of hydrogen-bond acceptors (Lipinski definition) is 1. The van der Waals surface area contributed by atoms with Gasteiger partial charge in [-0.05, 0) is 24.3 Å². The lowest BCUT2D eigenvalue weighted by atomic mass is 10.3. The largest absolute Gasteiger partial charge is 0.378 e. The van der Waals surface area contributed by atoms with Crippen LogP contribution in [-0.2, 0) is 0 Å². The molecule has 0 saturated carbocycles. The van der Waals surface area contributed by atoms with Crippen LogP contribution in [-0.4, -0.2) is 10.4 Å². The summed E-state index contributed by atoms with van der Waals surface area (Å²) in [6.07, 6.45) is 0. The molecule has 14 heavy (non-hydrogen) atoms. The molecule has 2 aromatic rings. The van der Waals surface area contributed by atoms with Gasteiger partial charge in [-0.15, -0.1) is 0 Å². The third kappa shape index (κ3) is 1.85. The summed E-state index contributed by atoms with van der Waals surface area (Å²) in [5.74, 6) is 0. The molecule has 0 heterocycles. The van der Waals surface area contributed by atoms with Crippen LogP contribution in [0.25, 0.3) is 0 Å². The second-order valence-corrected chi connectivity index (χ2v) is 4.12. The first-order valence-electron chi connectivity index (χ1n) is 4.72. The van der Waals surface area contributed by atoms with Crippen LogP contribution in [0.5, 0.6) is 0 Å². The van der Waals surface area contributed by atoms with Gasteiger partial charge >= 0.3 is 0 Å². The Morgan fingerprint density at radius 3 is 1.36 bits per heavy atom. The quantitative estimate of drug-likeness (QED) is 0.670. The van der Waals surface area contributed by atoms with E-state index in [-0.39, 0.29) is 0 Å². The summed E-state index contributed by atoms with van der Waals surface area (Å²) in [6, 6.07) is 20.9. The van der Waals surface area contributed by atoms with Gasteiger partial charge in [-0.25, -0.2) is 0 Å². The average molecular weight is 199 g/mol. The van der Waals surface area contributed by atoms with Crippen LogP contribution in [0.3, 0.4) is 0 Å². The van der Waals surface area contributed by atoms with E-state index in [4.69, 9.17) is 0 Å². The van der Waals surface area contributed by atoms with E-state index in [1.165, 1.54) is 11.4 Å². The smallest absolute Gasteiger partial charge is 0.114 e. The van der Waals surface area contributed by atoms with Crippen molar-refractivity contribution in [3.63, 3.8) is 0 Å². The molecule has 0 fully saturated rings. The summed E-state index contributed by atoms with van der Waals surface area (Å²) in [5, 5.41) is 0. The van der Waals surface area contributed by atoms with Crippen LogP contribution >= 0.6 is 0 Å². The Morgan fingerprint density at radius 2 is 1.00 bits per heavy atom. The Labute approximate surface area is 87.5 Å². The highest BCUT2D eigenvalue weighted by atomic mass is 28.2. The van der Waals surface area contributed by atoms with Gasteiger partial charge in [0.15, 0.2) is 0 Å². The molecule has 2 heteroatoms. The molecule has 70 valence electrons. The summed E-state index contributed by atoms with van der Waals surface area (Å²) in [5.41, 5.74) is 2.54. The third-order valence-electron chi connectivity index (χ3n) is 2.29. The van der Waals surface area contributed by atoms with Crippen molar-refractivity contribution in [2.75, 3.05) is 4.57 Å². The SMILES string of the molecule is [SiH3]N(c1ccccc1)c1ccccc1. The fourth-order valence-electron chi connectivity index (χ4n) is 1.45. The maximum atomic E-state index is 2.31. The van der Waals surface area contributed by atoms with Gasteiger partial charge in [-0.2, -0.15) is 0 Å². The molecule has 0 N–H and O–H groups in total. The second-order valence-electron chi connectivity index (χ2n) is 3.23. The minimum atomic E-state index is 0.998. The predicted molar refractivity (Wildman–Crippen MR) is 65.0 cm³/mol. The standard InChI is InChI=1S/C12H13NSi/c14-13(11-7-3-1-4-8-11)12-9-5-2-6-10-12/h1-10H,14H3. The van der Waals surface area contributed by atoms with Gasteiger partial charge in [0.1, 0.15) is 10.4 Å². The molecule has 0 aliphatic rings. The summed E-state index contributed by atoms with van der Waals surface area (Å²) < 4.78 is 2.31. The van der Waals surface area contributed by atoms with Crippen LogP contribution < -0.4 is 4.57 Å². The normalized spacial score (nSPS) is 10.0. The van der Waals surface area contributed by atoms with Gasteiger partial charge < -0.3 is 4.57 Å². The fraction of sp³-hybridized carbons (Fsp3) is 0. The van der Waals surface area contributed by atoms with Crippen molar-refractivity contribution < 1.29 is 0 Å². The van der Waals surface area contributed by atoms with E-state index in [0.717, 1.165) is 10.4 Å². The van der Waals surface area contributed by atoms with E-state index < -0.39 is 0 Å². The Bertz CT molecular complexity index is 346. The van der Waals surface area contributed by atoms with Gasteiger partial charge in [0.05, 0.1) is 0 Å². The Morgan fingerprint density at radius 1 is 0.643 bits per heavy atom. The fourth-order valence-corrected chi connectivity index (χ4v) is 2.05. The monoisotopic (exact) mass is 199 g/mol. The molecule has 0 aromatic heterocycles. The highest BCUT2D eigenvalue weighted by Crippen LogP contribution is 2.21. The highest BCUT2D eigenvalue weighted by molar-refractivity contribution is 6.22. The zero-order chi connectivity index (χ0) is 9.80. The molecule has 0 atom stereocenters. The van der Waals surface area contributed by atoms with E-state index in [1.807, 2.05) is 12.1 Å². The number of rotatable bonds is 2. The van der Waals surface area contributed by atoms with Crippen molar-refractivity contribution >= 4 is 21.8 Å². The predicted octanol–water partition coefficient (Wildman–Crippen LogP) is 2.11. The molecular formula is C12H13NSi. The van der Waals surface area contributed by atoms with E-state index in [9.17, 15) is 0 Å². The first kappa shape index (κ1) is 9.03. The highest BCUT2D eigenvalue weighted by Gasteiger charge is 1.99. The van der Waals surface area contributed by atoms with Gasteiger partial charge in [0.2, 0.25) is 0 Å². The molecule has 0 amide bonds. The van der Waals surface area contributed by atoms with Crippen molar-refractivity contribution in [1.29, 1.82) is 0 Å². The van der Waals surface area contributed by atoms with Gasteiger partial charge in [0, 0.05) is 11.4 Å². The molecule has 0 radical (unpaired) electrons. The van der Waals surface area contributed by atoms with Crippen LogP contribution in [0.2, 0.25) is 0 Å². The molecular weight excluding hydrogens is 186 g/mol. The Kier molecular flexibility index (Phi) is 2.65. The van der Waals surface area contributed by atoms with E-state index in [0.29, 0.717) is 0 Å². The van der Waals surface area contributed by atoms with Crippen molar-refractivity contribution in [2.45, 2.75) is 0 Å². The van der Waals surface area contributed by atoms with E-state index in [1.54, 1.807) is 0 Å².